The Kier molecular flexibility index (Phi) is 1.38. The lowest BCUT2D eigenvalue weighted by Gasteiger charge is -1.96. The molecule has 1 aromatic rings. The van der Waals surface area contributed by atoms with Crippen LogP contribution in [0.1, 0.15) is 6.55 Å². The van der Waals surface area contributed by atoms with E-state index in [0.717, 1.165) is 4.57 Å². The highest BCUT2D eigenvalue weighted by Gasteiger charge is 2.02. The fraction of sp³-hybridized carbons (Fsp3) is 0.200. The molecule has 2 nitrogen and oxygen atoms in total. The van der Waals surface area contributed by atoms with Crippen molar-refractivity contribution in [1.82, 2.24) is 4.57 Å². The number of halogens is 2. The normalized spacial score (nSPS) is 10.6. The third-order valence-corrected chi connectivity index (χ3v) is 0.963. The quantitative estimate of drug-likeness (QED) is 0.616. The summed E-state index contributed by atoms with van der Waals surface area (Å²) < 4.78 is 24.1. The van der Waals surface area contributed by atoms with Crippen LogP contribution in [0, 0.1) is 0 Å². The second-order valence-electron chi connectivity index (χ2n) is 1.67. The lowest BCUT2D eigenvalue weighted by Crippen LogP contribution is -1.92. The number of nitrogen functional groups attached to an aromatic ring is 1. The Bertz CT molecular complexity index is 195. The van der Waals surface area contributed by atoms with E-state index >= 15 is 0 Å². The molecular formula is C5H6F2N2. The Morgan fingerprint density at radius 2 is 2.22 bits per heavy atom. The molecule has 0 saturated heterocycles. The van der Waals surface area contributed by atoms with Gasteiger partial charge >= 0.3 is 6.55 Å². The van der Waals surface area contributed by atoms with Crippen molar-refractivity contribution in [3.05, 3.63) is 18.5 Å². The van der Waals surface area contributed by atoms with Crippen molar-refractivity contribution in [3.8, 4) is 0 Å². The summed E-state index contributed by atoms with van der Waals surface area (Å²) in [5, 5.41) is 0. The number of aromatic nitrogens is 1. The highest BCUT2D eigenvalue weighted by molar-refractivity contribution is 5.34. The number of alkyl halides is 2. The summed E-state index contributed by atoms with van der Waals surface area (Å²) in [6.45, 7) is -2.48. The van der Waals surface area contributed by atoms with Crippen LogP contribution < -0.4 is 5.73 Å². The molecule has 0 amide bonds. The van der Waals surface area contributed by atoms with Crippen molar-refractivity contribution in [2.24, 2.45) is 0 Å². The standard InChI is InChI=1S/C5H6F2N2/c6-5(7)9-2-1-4(8)3-9/h1-3,5H,8H2. The van der Waals surface area contributed by atoms with Crippen LogP contribution in [0.3, 0.4) is 0 Å². The SMILES string of the molecule is Nc1ccn(C(F)F)c1. The molecule has 0 atom stereocenters. The molecule has 0 bridgehead atoms. The van der Waals surface area contributed by atoms with Gasteiger partial charge in [-0.05, 0) is 6.07 Å². The van der Waals surface area contributed by atoms with E-state index in [0.29, 0.717) is 5.69 Å². The summed E-state index contributed by atoms with van der Waals surface area (Å²) in [6, 6.07) is 1.42. The molecule has 0 aromatic carbocycles. The zero-order valence-electron chi connectivity index (χ0n) is 4.59. The minimum atomic E-state index is -2.48. The third kappa shape index (κ3) is 1.19. The molecule has 9 heavy (non-hydrogen) atoms. The predicted molar refractivity (Wildman–Crippen MR) is 30.1 cm³/mol. The Hall–Kier alpha value is -1.06. The van der Waals surface area contributed by atoms with Crippen LogP contribution >= 0.6 is 0 Å². The molecule has 0 unspecified atom stereocenters. The highest BCUT2D eigenvalue weighted by Crippen LogP contribution is 2.12. The van der Waals surface area contributed by atoms with Crippen molar-refractivity contribution >= 4 is 5.69 Å². The van der Waals surface area contributed by atoms with E-state index in [2.05, 4.69) is 0 Å². The lowest BCUT2D eigenvalue weighted by molar-refractivity contribution is 0.0708. The number of nitrogens with zero attached hydrogens (tertiary/aromatic N) is 1. The van der Waals surface area contributed by atoms with Gasteiger partial charge in [0.25, 0.3) is 0 Å². The van der Waals surface area contributed by atoms with E-state index in [1.165, 1.54) is 18.5 Å². The van der Waals surface area contributed by atoms with Crippen LogP contribution in [-0.2, 0) is 0 Å². The number of hydrogen-bond donors (Lipinski definition) is 1. The fourth-order valence-corrected chi connectivity index (χ4v) is 0.552. The maximum absolute atomic E-state index is 11.7. The number of hydrogen-bond acceptors (Lipinski definition) is 1. The topological polar surface area (TPSA) is 30.9 Å². The predicted octanol–water partition coefficient (Wildman–Crippen LogP) is 1.47. The van der Waals surface area contributed by atoms with E-state index in [-0.39, 0.29) is 0 Å². The van der Waals surface area contributed by atoms with Gasteiger partial charge in [-0.3, -0.25) is 4.57 Å². The van der Waals surface area contributed by atoms with Gasteiger partial charge < -0.3 is 5.73 Å². The van der Waals surface area contributed by atoms with Gasteiger partial charge in [0.2, 0.25) is 0 Å². The summed E-state index contributed by atoms with van der Waals surface area (Å²) in [7, 11) is 0. The lowest BCUT2D eigenvalue weighted by atomic mass is 10.6. The highest BCUT2D eigenvalue weighted by atomic mass is 19.3. The first-order valence-corrected chi connectivity index (χ1v) is 2.41. The molecule has 0 aliphatic rings. The van der Waals surface area contributed by atoms with Crippen molar-refractivity contribution in [3.63, 3.8) is 0 Å². The molecule has 1 aromatic heterocycles. The van der Waals surface area contributed by atoms with Crippen molar-refractivity contribution < 1.29 is 8.78 Å². The van der Waals surface area contributed by atoms with E-state index in [1.807, 2.05) is 0 Å². The first-order valence-electron chi connectivity index (χ1n) is 2.41. The summed E-state index contributed by atoms with van der Waals surface area (Å²) in [6.07, 6.45) is 2.42. The summed E-state index contributed by atoms with van der Waals surface area (Å²) >= 11 is 0. The Balaban J connectivity index is 2.85. The first-order chi connectivity index (χ1) is 4.20. The Morgan fingerprint density at radius 3 is 2.44 bits per heavy atom. The second kappa shape index (κ2) is 2.05. The second-order valence-corrected chi connectivity index (χ2v) is 1.67. The van der Waals surface area contributed by atoms with Gasteiger partial charge in [0.1, 0.15) is 0 Å². The fourth-order valence-electron chi connectivity index (χ4n) is 0.552. The van der Waals surface area contributed by atoms with Crippen LogP contribution in [0.15, 0.2) is 18.5 Å². The first kappa shape index (κ1) is 6.07. The van der Waals surface area contributed by atoms with Gasteiger partial charge in [0, 0.05) is 18.1 Å². The van der Waals surface area contributed by atoms with Gasteiger partial charge in [0.15, 0.2) is 0 Å². The zero-order valence-corrected chi connectivity index (χ0v) is 4.59. The largest absolute Gasteiger partial charge is 0.397 e. The zero-order chi connectivity index (χ0) is 6.85. The molecule has 0 fully saturated rings. The Labute approximate surface area is 50.9 Å². The van der Waals surface area contributed by atoms with Crippen molar-refractivity contribution in [1.29, 1.82) is 0 Å². The van der Waals surface area contributed by atoms with E-state index in [4.69, 9.17) is 5.73 Å². The summed E-state index contributed by atoms with van der Waals surface area (Å²) in [5.74, 6) is 0. The van der Waals surface area contributed by atoms with Gasteiger partial charge in [-0.2, -0.15) is 8.78 Å². The molecular weight excluding hydrogens is 126 g/mol. The van der Waals surface area contributed by atoms with Crippen LogP contribution in [-0.4, -0.2) is 4.57 Å². The molecule has 0 spiro atoms. The van der Waals surface area contributed by atoms with Gasteiger partial charge in [-0.1, -0.05) is 0 Å². The number of nitrogens with two attached hydrogens (primary N) is 1. The average Bonchev–Trinajstić information content (AvgIpc) is 2.14. The number of rotatable bonds is 1. The third-order valence-electron chi connectivity index (χ3n) is 0.963. The molecule has 1 rings (SSSR count). The maximum Gasteiger partial charge on any atom is 0.318 e. The number of anilines is 1. The minimum absolute atomic E-state index is 0.357. The molecule has 2 N–H and O–H groups in total. The smallest absolute Gasteiger partial charge is 0.318 e. The molecule has 4 heteroatoms. The monoisotopic (exact) mass is 132 g/mol. The summed E-state index contributed by atoms with van der Waals surface area (Å²) in [5.41, 5.74) is 5.52. The minimum Gasteiger partial charge on any atom is -0.397 e. The van der Waals surface area contributed by atoms with Gasteiger partial charge in [-0.25, -0.2) is 0 Å². The van der Waals surface area contributed by atoms with Gasteiger partial charge in [0.05, 0.1) is 0 Å². The van der Waals surface area contributed by atoms with Gasteiger partial charge in [-0.15, -0.1) is 0 Å². The molecule has 0 saturated carbocycles. The van der Waals surface area contributed by atoms with E-state index < -0.39 is 6.55 Å². The van der Waals surface area contributed by atoms with E-state index in [1.54, 1.807) is 0 Å². The molecule has 0 aliphatic heterocycles. The molecule has 0 aliphatic carbocycles. The molecule has 1 heterocycles. The van der Waals surface area contributed by atoms with Crippen LogP contribution in [0.5, 0.6) is 0 Å². The van der Waals surface area contributed by atoms with Crippen LogP contribution in [0.2, 0.25) is 0 Å². The maximum atomic E-state index is 11.7. The molecule has 0 radical (unpaired) electrons. The van der Waals surface area contributed by atoms with Crippen LogP contribution in [0.4, 0.5) is 14.5 Å². The van der Waals surface area contributed by atoms with E-state index in [9.17, 15) is 8.78 Å². The average molecular weight is 132 g/mol. The molecule has 50 valence electrons. The Morgan fingerprint density at radius 1 is 1.56 bits per heavy atom. The summed E-state index contributed by atoms with van der Waals surface area (Å²) in [4.78, 5) is 0. The van der Waals surface area contributed by atoms with Crippen molar-refractivity contribution in [2.75, 3.05) is 5.73 Å². The van der Waals surface area contributed by atoms with Crippen molar-refractivity contribution in [2.45, 2.75) is 6.55 Å². The van der Waals surface area contributed by atoms with Crippen LogP contribution in [0.25, 0.3) is 0 Å².